The highest BCUT2D eigenvalue weighted by Crippen LogP contribution is 2.13. The second-order valence-corrected chi connectivity index (χ2v) is 16.0. The molecule has 0 radical (unpaired) electrons. The molecule has 0 spiro atoms. The summed E-state index contributed by atoms with van der Waals surface area (Å²) in [6.45, 7) is 6.42. The molecule has 0 rings (SSSR count). The van der Waals surface area contributed by atoms with E-state index in [4.69, 9.17) is 14.2 Å². The predicted molar refractivity (Wildman–Crippen MR) is 251 cm³/mol. The number of hydrogen-bond donors (Lipinski definition) is 0. The van der Waals surface area contributed by atoms with Crippen molar-refractivity contribution < 1.29 is 28.6 Å². The quantitative estimate of drug-likeness (QED) is 0.0264. The zero-order chi connectivity index (χ0) is 43.0. The van der Waals surface area contributed by atoms with Gasteiger partial charge in [0.2, 0.25) is 0 Å². The van der Waals surface area contributed by atoms with Crippen molar-refractivity contribution in [3.05, 3.63) is 72.9 Å². The van der Waals surface area contributed by atoms with E-state index in [-0.39, 0.29) is 31.1 Å². The van der Waals surface area contributed by atoms with Crippen LogP contribution >= 0.6 is 0 Å². The van der Waals surface area contributed by atoms with Gasteiger partial charge in [0.05, 0.1) is 0 Å². The second-order valence-electron chi connectivity index (χ2n) is 16.0. The Morgan fingerprint density at radius 3 is 1.08 bits per heavy atom. The molecule has 1 atom stereocenters. The average Bonchev–Trinajstić information content (AvgIpc) is 3.23. The zero-order valence-electron chi connectivity index (χ0n) is 38.5. The van der Waals surface area contributed by atoms with Gasteiger partial charge in [-0.3, -0.25) is 14.4 Å². The molecule has 59 heavy (non-hydrogen) atoms. The van der Waals surface area contributed by atoms with Gasteiger partial charge in [-0.2, -0.15) is 0 Å². The lowest BCUT2D eigenvalue weighted by Gasteiger charge is -2.18. The average molecular weight is 823 g/mol. The van der Waals surface area contributed by atoms with Gasteiger partial charge in [-0.25, -0.2) is 0 Å². The molecule has 0 N–H and O–H groups in total. The number of hydrogen-bond acceptors (Lipinski definition) is 6. The molecular formula is C53H90O6. The van der Waals surface area contributed by atoms with Gasteiger partial charge < -0.3 is 14.2 Å². The van der Waals surface area contributed by atoms with Gasteiger partial charge >= 0.3 is 17.9 Å². The van der Waals surface area contributed by atoms with Crippen molar-refractivity contribution in [2.24, 2.45) is 0 Å². The van der Waals surface area contributed by atoms with Crippen LogP contribution in [0.1, 0.15) is 226 Å². The molecule has 6 heteroatoms. The lowest BCUT2D eigenvalue weighted by atomic mass is 10.1. The van der Waals surface area contributed by atoms with E-state index >= 15 is 0 Å². The first-order valence-corrected chi connectivity index (χ1v) is 24.4. The molecule has 0 aliphatic rings. The Bertz CT molecular complexity index is 1130. The van der Waals surface area contributed by atoms with Crippen LogP contribution in [0, 0.1) is 0 Å². The number of allylic oxidation sites excluding steroid dienone is 12. The lowest BCUT2D eigenvalue weighted by Crippen LogP contribution is -2.30. The Labute approximate surface area is 363 Å². The standard InChI is InChI=1S/C53H90O6/c1-4-7-10-13-16-19-21-23-25-26-27-28-29-31-32-34-37-40-43-46-52(55)58-49-50(48-57-51(54)45-42-39-36-18-15-12-9-6-3)59-53(56)47-44-41-38-35-33-30-24-22-20-17-14-11-8-5-2/h7,10,14,16-17,19,22-25,27-28,50H,4-6,8-9,11-13,15,18,20-21,26,29-49H2,1-3H3/b10-7-,17-14-,19-16-,24-22-,25-23-,28-27-. The summed E-state index contributed by atoms with van der Waals surface area (Å²) in [4.78, 5) is 37.8. The number of ether oxygens (including phenoxy) is 3. The summed E-state index contributed by atoms with van der Waals surface area (Å²) in [6.07, 6.45) is 58.9. The number of carbonyl (C=O) groups is 3. The van der Waals surface area contributed by atoms with E-state index in [2.05, 4.69) is 93.7 Å². The Morgan fingerprint density at radius 1 is 0.356 bits per heavy atom. The van der Waals surface area contributed by atoms with Crippen LogP contribution in [0.15, 0.2) is 72.9 Å². The lowest BCUT2D eigenvalue weighted by molar-refractivity contribution is -0.167. The molecule has 0 fully saturated rings. The third-order valence-corrected chi connectivity index (χ3v) is 10.2. The summed E-state index contributed by atoms with van der Waals surface area (Å²) in [7, 11) is 0. The normalized spacial score (nSPS) is 12.7. The van der Waals surface area contributed by atoms with E-state index in [0.29, 0.717) is 19.3 Å². The van der Waals surface area contributed by atoms with Gasteiger partial charge in [0.25, 0.3) is 0 Å². The Kier molecular flexibility index (Phi) is 45.0. The molecule has 0 heterocycles. The number of esters is 3. The maximum Gasteiger partial charge on any atom is 0.306 e. The largest absolute Gasteiger partial charge is 0.462 e. The summed E-state index contributed by atoms with van der Waals surface area (Å²) in [5.41, 5.74) is 0. The molecule has 0 saturated carbocycles. The van der Waals surface area contributed by atoms with Gasteiger partial charge in [-0.15, -0.1) is 0 Å². The topological polar surface area (TPSA) is 78.9 Å². The van der Waals surface area contributed by atoms with Gasteiger partial charge in [-0.1, -0.05) is 196 Å². The molecule has 0 aliphatic carbocycles. The highest BCUT2D eigenvalue weighted by atomic mass is 16.6. The van der Waals surface area contributed by atoms with Crippen molar-refractivity contribution >= 4 is 17.9 Å². The summed E-state index contributed by atoms with van der Waals surface area (Å²) in [5, 5.41) is 0. The van der Waals surface area contributed by atoms with Gasteiger partial charge in [0.1, 0.15) is 13.2 Å². The molecule has 0 aliphatic heterocycles. The molecule has 0 bridgehead atoms. The van der Waals surface area contributed by atoms with Gasteiger partial charge in [0, 0.05) is 19.3 Å². The third kappa shape index (κ3) is 45.8. The molecular weight excluding hydrogens is 733 g/mol. The van der Waals surface area contributed by atoms with Crippen LogP contribution in [0.4, 0.5) is 0 Å². The molecule has 338 valence electrons. The molecule has 6 nitrogen and oxygen atoms in total. The Morgan fingerprint density at radius 2 is 0.678 bits per heavy atom. The molecule has 0 aromatic heterocycles. The SMILES string of the molecule is CC/C=C\C/C=C\C/C=C\C/C=C\CCCCCCCCC(=O)OCC(COC(=O)CCCCCCCCCC)OC(=O)CCCCCCC/C=C\C/C=C\CCCC. The van der Waals surface area contributed by atoms with Crippen LogP contribution in [-0.2, 0) is 28.6 Å². The number of unbranched alkanes of at least 4 members (excludes halogenated alkanes) is 20. The molecule has 0 aromatic carbocycles. The third-order valence-electron chi connectivity index (χ3n) is 10.2. The van der Waals surface area contributed by atoms with E-state index in [1.54, 1.807) is 0 Å². The van der Waals surface area contributed by atoms with E-state index in [1.807, 2.05) is 0 Å². The van der Waals surface area contributed by atoms with Crippen LogP contribution in [0.5, 0.6) is 0 Å². The minimum atomic E-state index is -0.785. The molecule has 0 aromatic rings. The smallest absolute Gasteiger partial charge is 0.306 e. The minimum Gasteiger partial charge on any atom is -0.462 e. The van der Waals surface area contributed by atoms with Crippen LogP contribution in [-0.4, -0.2) is 37.2 Å². The van der Waals surface area contributed by atoms with Crippen LogP contribution in [0.25, 0.3) is 0 Å². The Balaban J connectivity index is 4.35. The maximum absolute atomic E-state index is 12.7. The number of carbonyl (C=O) groups excluding carboxylic acids is 3. The predicted octanol–water partition coefficient (Wildman–Crippen LogP) is 15.9. The monoisotopic (exact) mass is 823 g/mol. The highest BCUT2D eigenvalue weighted by molar-refractivity contribution is 5.71. The molecule has 0 amide bonds. The fourth-order valence-electron chi connectivity index (χ4n) is 6.51. The first kappa shape index (κ1) is 55.9. The number of rotatable bonds is 43. The van der Waals surface area contributed by atoms with E-state index in [9.17, 15) is 14.4 Å². The van der Waals surface area contributed by atoms with Crippen LogP contribution in [0.3, 0.4) is 0 Å². The second kappa shape index (κ2) is 47.5. The summed E-state index contributed by atoms with van der Waals surface area (Å²) >= 11 is 0. The van der Waals surface area contributed by atoms with Crippen molar-refractivity contribution in [2.75, 3.05) is 13.2 Å². The van der Waals surface area contributed by atoms with E-state index < -0.39 is 6.10 Å². The fourth-order valence-corrected chi connectivity index (χ4v) is 6.51. The molecule has 0 saturated heterocycles. The van der Waals surface area contributed by atoms with Gasteiger partial charge in [-0.05, 0) is 83.5 Å². The maximum atomic E-state index is 12.7. The summed E-state index contributed by atoms with van der Waals surface area (Å²) in [6, 6.07) is 0. The summed E-state index contributed by atoms with van der Waals surface area (Å²) < 4.78 is 16.7. The van der Waals surface area contributed by atoms with Crippen LogP contribution < -0.4 is 0 Å². The molecule has 1 unspecified atom stereocenters. The van der Waals surface area contributed by atoms with Crippen molar-refractivity contribution in [3.63, 3.8) is 0 Å². The first-order chi connectivity index (χ1) is 29.0. The van der Waals surface area contributed by atoms with Crippen LogP contribution in [0.2, 0.25) is 0 Å². The van der Waals surface area contributed by atoms with Crippen molar-refractivity contribution in [1.29, 1.82) is 0 Å². The first-order valence-electron chi connectivity index (χ1n) is 24.4. The Hall–Kier alpha value is -3.15. The van der Waals surface area contributed by atoms with Crippen molar-refractivity contribution in [3.8, 4) is 0 Å². The zero-order valence-corrected chi connectivity index (χ0v) is 38.5. The van der Waals surface area contributed by atoms with Crippen molar-refractivity contribution in [1.82, 2.24) is 0 Å². The fraction of sp³-hybridized carbons (Fsp3) is 0.717. The van der Waals surface area contributed by atoms with E-state index in [1.165, 1.54) is 70.6 Å². The summed E-state index contributed by atoms with van der Waals surface area (Å²) in [5.74, 6) is -0.920. The van der Waals surface area contributed by atoms with E-state index in [0.717, 1.165) is 116 Å². The minimum absolute atomic E-state index is 0.0855. The van der Waals surface area contributed by atoms with Gasteiger partial charge in [0.15, 0.2) is 6.10 Å². The van der Waals surface area contributed by atoms with Crippen molar-refractivity contribution in [2.45, 2.75) is 232 Å². The highest BCUT2D eigenvalue weighted by Gasteiger charge is 2.19.